The second kappa shape index (κ2) is 11.6. The van der Waals surface area contributed by atoms with Crippen LogP contribution in [0.15, 0.2) is 66.1 Å². The van der Waals surface area contributed by atoms with Gasteiger partial charge in [-0.1, -0.05) is 51.1 Å². The van der Waals surface area contributed by atoms with Gasteiger partial charge in [0.2, 0.25) is 18.3 Å². The number of hydrogen-bond donors (Lipinski definition) is 0. The van der Waals surface area contributed by atoms with Gasteiger partial charge in [0.05, 0.1) is 10.9 Å². The van der Waals surface area contributed by atoms with E-state index < -0.39 is 18.3 Å². The minimum atomic E-state index is -3.49. The third-order valence-electron chi connectivity index (χ3n) is 8.19. The number of nitrogens with zero attached hydrogens (tertiary/aromatic N) is 3. The van der Waals surface area contributed by atoms with E-state index in [0.717, 1.165) is 36.5 Å². The normalized spacial score (nSPS) is 20.9. The molecule has 0 aromatic heterocycles. The van der Waals surface area contributed by atoms with E-state index in [4.69, 9.17) is 4.43 Å². The molecular weight excluding hydrogens is 511 g/mol. The van der Waals surface area contributed by atoms with E-state index in [1.807, 2.05) is 18.2 Å². The first kappa shape index (κ1) is 30.6. The second-order valence-electron chi connectivity index (χ2n) is 12.3. The lowest BCUT2D eigenvalue weighted by molar-refractivity contribution is 0.0306. The molecule has 1 heterocycles. The van der Waals surface area contributed by atoms with Gasteiger partial charge in [-0.2, -0.15) is 0 Å². The van der Waals surface area contributed by atoms with E-state index in [1.165, 1.54) is 4.31 Å². The first-order valence-corrected chi connectivity index (χ1v) is 17.9. The fourth-order valence-electron chi connectivity index (χ4n) is 4.81. The van der Waals surface area contributed by atoms with E-state index in [2.05, 4.69) is 88.4 Å². The molecular formula is C30H47N3O3SSi. The summed E-state index contributed by atoms with van der Waals surface area (Å²) in [6, 6.07) is 16.5. The van der Waals surface area contributed by atoms with Gasteiger partial charge in [0.1, 0.15) is 5.75 Å². The molecule has 0 radical (unpaired) electrons. The summed E-state index contributed by atoms with van der Waals surface area (Å²) in [4.78, 5) is 5.32. The largest absolute Gasteiger partial charge is 0.543 e. The molecule has 1 fully saturated rings. The highest BCUT2D eigenvalue weighted by molar-refractivity contribution is 7.89. The first-order valence-electron chi connectivity index (χ1n) is 13.5. The topological polar surface area (TPSA) is 53.1 Å². The van der Waals surface area contributed by atoms with Crippen molar-refractivity contribution in [3.05, 3.63) is 72.3 Å². The van der Waals surface area contributed by atoms with Crippen LogP contribution < -0.4 is 4.43 Å². The molecule has 0 N–H and O–H groups in total. The van der Waals surface area contributed by atoms with E-state index >= 15 is 0 Å². The lowest BCUT2D eigenvalue weighted by Crippen LogP contribution is -2.57. The van der Waals surface area contributed by atoms with E-state index in [1.54, 1.807) is 26.2 Å². The van der Waals surface area contributed by atoms with E-state index in [0.29, 0.717) is 17.0 Å². The van der Waals surface area contributed by atoms with Gasteiger partial charge in [0.15, 0.2) is 0 Å². The monoisotopic (exact) mass is 557 g/mol. The van der Waals surface area contributed by atoms with Crippen LogP contribution in [-0.2, 0) is 10.0 Å². The lowest BCUT2D eigenvalue weighted by Gasteiger charge is -2.47. The van der Waals surface area contributed by atoms with Gasteiger partial charge in [0, 0.05) is 45.8 Å². The molecule has 0 aliphatic carbocycles. The van der Waals surface area contributed by atoms with Crippen LogP contribution in [0.5, 0.6) is 5.75 Å². The third-order valence-corrected chi connectivity index (χ3v) is 14.4. The van der Waals surface area contributed by atoms with Crippen LogP contribution >= 0.6 is 0 Å². The van der Waals surface area contributed by atoms with Crippen LogP contribution in [0.4, 0.5) is 0 Å². The Hall–Kier alpha value is -1.97. The highest BCUT2D eigenvalue weighted by atomic mass is 32.2. The summed E-state index contributed by atoms with van der Waals surface area (Å²) in [5.41, 5.74) is 2.23. The summed E-state index contributed by atoms with van der Waals surface area (Å²) in [5.74, 6) is 0.900. The molecule has 1 aliphatic heterocycles. The highest BCUT2D eigenvalue weighted by Crippen LogP contribution is 2.39. The molecule has 2 aromatic rings. The van der Waals surface area contributed by atoms with Gasteiger partial charge in [-0.3, -0.25) is 9.80 Å². The molecule has 0 bridgehead atoms. The maximum atomic E-state index is 12.7. The van der Waals surface area contributed by atoms with Crippen LogP contribution in [0, 0.1) is 0 Å². The average molecular weight is 558 g/mol. The number of hydrogen-bond acceptors (Lipinski definition) is 5. The smallest absolute Gasteiger partial charge is 0.250 e. The molecule has 3 rings (SSSR count). The number of rotatable bonds is 9. The SMILES string of the molecule is C=CCN1C[C@@H](C)N(C(c2ccc(S(=O)(=O)N(C)C)cc2)c2cccc(O[Si](C)(C)C(C)(C)C)c2)C[C@H]1C. The number of piperazine rings is 1. The zero-order valence-electron chi connectivity index (χ0n) is 24.7. The molecule has 0 amide bonds. The predicted octanol–water partition coefficient (Wildman–Crippen LogP) is 5.99. The van der Waals surface area contributed by atoms with Crippen molar-refractivity contribution in [1.29, 1.82) is 0 Å². The fourth-order valence-corrected chi connectivity index (χ4v) is 6.73. The quantitative estimate of drug-likeness (QED) is 0.280. The van der Waals surface area contributed by atoms with Gasteiger partial charge in [0.25, 0.3) is 0 Å². The van der Waals surface area contributed by atoms with Crippen LogP contribution in [0.2, 0.25) is 18.1 Å². The van der Waals surface area contributed by atoms with Crippen LogP contribution in [0.1, 0.15) is 51.8 Å². The zero-order valence-corrected chi connectivity index (χ0v) is 26.5. The summed E-state index contributed by atoms with van der Waals surface area (Å²) in [6.45, 7) is 22.5. The predicted molar refractivity (Wildman–Crippen MR) is 161 cm³/mol. The second-order valence-corrected chi connectivity index (χ2v) is 19.2. The van der Waals surface area contributed by atoms with Crippen LogP contribution in [0.3, 0.4) is 0 Å². The van der Waals surface area contributed by atoms with Crippen molar-refractivity contribution in [3.63, 3.8) is 0 Å². The molecule has 1 aliphatic rings. The van der Waals surface area contributed by atoms with Crippen molar-refractivity contribution in [2.45, 2.75) is 75.8 Å². The fraction of sp³-hybridized carbons (Fsp3) is 0.533. The summed E-state index contributed by atoms with van der Waals surface area (Å²) < 4.78 is 33.4. The standard InChI is InChI=1S/C30H47N3O3SSi/c1-11-19-32-21-24(3)33(22-23(32)2)29(25-15-17-28(18-16-25)37(34,35)31(7)8)26-13-12-14-27(20-26)36-38(9,10)30(4,5)6/h11-18,20,23-24,29H,1,19,21-22H2,2-10H3/t23-,24-,29?/m1/s1. The van der Waals surface area contributed by atoms with Crippen molar-refractivity contribution >= 4 is 18.3 Å². The zero-order chi connectivity index (χ0) is 28.5. The molecule has 1 unspecified atom stereocenters. The lowest BCUT2D eigenvalue weighted by atomic mass is 9.93. The third kappa shape index (κ3) is 6.59. The van der Waals surface area contributed by atoms with Gasteiger partial charge in [-0.15, -0.1) is 6.58 Å². The van der Waals surface area contributed by atoms with Gasteiger partial charge < -0.3 is 4.43 Å². The molecule has 210 valence electrons. The minimum absolute atomic E-state index is 0.0302. The van der Waals surface area contributed by atoms with Crippen molar-refractivity contribution in [2.24, 2.45) is 0 Å². The van der Waals surface area contributed by atoms with Gasteiger partial charge >= 0.3 is 0 Å². The van der Waals surface area contributed by atoms with Crippen LogP contribution in [-0.4, -0.2) is 76.7 Å². The van der Waals surface area contributed by atoms with Crippen molar-refractivity contribution in [2.75, 3.05) is 33.7 Å². The first-order chi connectivity index (χ1) is 17.6. The van der Waals surface area contributed by atoms with Crippen LogP contribution in [0.25, 0.3) is 0 Å². The Labute approximate surface area is 232 Å². The number of sulfonamides is 1. The summed E-state index contributed by atoms with van der Waals surface area (Å²) in [5, 5.41) is 0.0988. The van der Waals surface area contributed by atoms with Crippen molar-refractivity contribution in [1.82, 2.24) is 14.1 Å². The summed E-state index contributed by atoms with van der Waals surface area (Å²) in [7, 11) is -2.38. The van der Waals surface area contributed by atoms with E-state index in [-0.39, 0.29) is 11.1 Å². The molecule has 8 heteroatoms. The molecule has 0 saturated carbocycles. The maximum Gasteiger partial charge on any atom is 0.250 e. The molecule has 3 atom stereocenters. The average Bonchev–Trinajstić information content (AvgIpc) is 2.82. The Morgan fingerprint density at radius 3 is 2.24 bits per heavy atom. The Morgan fingerprint density at radius 1 is 1.05 bits per heavy atom. The maximum absolute atomic E-state index is 12.7. The van der Waals surface area contributed by atoms with Crippen molar-refractivity contribution in [3.8, 4) is 5.75 Å². The molecule has 0 spiro atoms. The Kier molecular flexibility index (Phi) is 9.36. The number of benzene rings is 2. The van der Waals surface area contributed by atoms with Gasteiger partial charge in [-0.25, -0.2) is 12.7 Å². The highest BCUT2D eigenvalue weighted by Gasteiger charge is 2.39. The Morgan fingerprint density at radius 2 is 1.68 bits per heavy atom. The molecule has 1 saturated heterocycles. The molecule has 6 nitrogen and oxygen atoms in total. The van der Waals surface area contributed by atoms with Gasteiger partial charge in [-0.05, 0) is 67.4 Å². The van der Waals surface area contributed by atoms with Crippen molar-refractivity contribution < 1.29 is 12.8 Å². The molecule has 2 aromatic carbocycles. The Balaban J connectivity index is 2.07. The minimum Gasteiger partial charge on any atom is -0.543 e. The Bertz CT molecular complexity index is 1210. The summed E-state index contributed by atoms with van der Waals surface area (Å²) >= 11 is 0. The molecule has 38 heavy (non-hydrogen) atoms. The van der Waals surface area contributed by atoms with E-state index in [9.17, 15) is 8.42 Å². The summed E-state index contributed by atoms with van der Waals surface area (Å²) in [6.07, 6.45) is 1.97.